The Bertz CT molecular complexity index is 894. The van der Waals surface area contributed by atoms with Crippen LogP contribution in [0.15, 0.2) is 24.3 Å². The van der Waals surface area contributed by atoms with E-state index in [1.165, 1.54) is 19.1 Å². The molecule has 0 aliphatic rings. The second-order valence-electron chi connectivity index (χ2n) is 9.26. The zero-order chi connectivity index (χ0) is 28.1. The third-order valence-corrected chi connectivity index (χ3v) is 6.15. The van der Waals surface area contributed by atoms with Gasteiger partial charge in [-0.15, -0.1) is 0 Å². The van der Waals surface area contributed by atoms with Gasteiger partial charge >= 0.3 is 5.97 Å². The Morgan fingerprint density at radius 2 is 1.51 bits per heavy atom. The Morgan fingerprint density at radius 1 is 0.919 bits per heavy atom. The van der Waals surface area contributed by atoms with E-state index >= 15 is 0 Å². The van der Waals surface area contributed by atoms with Crippen molar-refractivity contribution >= 4 is 23.7 Å². The van der Waals surface area contributed by atoms with Crippen LogP contribution in [0.1, 0.15) is 52.0 Å². The lowest BCUT2D eigenvalue weighted by atomic mass is 9.96. The molecule has 0 fully saturated rings. The summed E-state index contributed by atoms with van der Waals surface area (Å²) in [6.45, 7) is 5.32. The highest BCUT2D eigenvalue weighted by Gasteiger charge is 2.33. The Hall–Kier alpha value is -3.22. The van der Waals surface area contributed by atoms with Crippen LogP contribution >= 0.6 is 0 Å². The number of rotatable bonds is 16. The molecule has 6 atom stereocenters. The van der Waals surface area contributed by atoms with Crippen LogP contribution in [0.3, 0.4) is 0 Å². The summed E-state index contributed by atoms with van der Waals surface area (Å²) in [5.74, 6) is -3.70. The fourth-order valence-corrected chi connectivity index (χ4v) is 3.58. The molecule has 1 aromatic carbocycles. The van der Waals surface area contributed by atoms with Gasteiger partial charge in [-0.05, 0) is 49.9 Å². The number of carbonyl (C=O) groups is 4. The van der Waals surface area contributed by atoms with Gasteiger partial charge in [-0.3, -0.25) is 14.4 Å². The van der Waals surface area contributed by atoms with Gasteiger partial charge in [0.2, 0.25) is 17.7 Å². The monoisotopic (exact) mass is 523 g/mol. The molecule has 1 aromatic rings. The second kappa shape index (κ2) is 15.8. The maximum Gasteiger partial charge on any atom is 0.328 e. The number of unbranched alkanes of at least 4 members (excludes halogenated alkanes) is 1. The standard InChI is InChI=1S/C25H41N5O7/c1-4-14(2)20(29-22(33)18(27)7-5-6-12-26)24(35)28-19(13-16-8-10-17(32)11-9-16)23(34)30-21(15(3)31)25(36)37/h8-11,14-15,18-21,31-32H,4-7,12-13,26-27H2,1-3H3,(H,28,35)(H,29,33)(H,30,34)(H,36,37). The van der Waals surface area contributed by atoms with Crippen LogP contribution in [0.4, 0.5) is 0 Å². The van der Waals surface area contributed by atoms with E-state index in [0.717, 1.165) is 0 Å². The first kappa shape index (κ1) is 31.8. The summed E-state index contributed by atoms with van der Waals surface area (Å²) in [5.41, 5.74) is 12.0. The highest BCUT2D eigenvalue weighted by molar-refractivity contribution is 5.94. The molecule has 0 saturated heterocycles. The molecule has 3 amide bonds. The minimum absolute atomic E-state index is 0.0104. The lowest BCUT2D eigenvalue weighted by molar-refractivity contribution is -0.145. The Kier molecular flexibility index (Phi) is 13.6. The number of aromatic hydroxyl groups is 1. The van der Waals surface area contributed by atoms with Crippen molar-refractivity contribution in [3.8, 4) is 5.75 Å². The van der Waals surface area contributed by atoms with E-state index in [-0.39, 0.29) is 18.1 Å². The molecule has 0 bridgehead atoms. The van der Waals surface area contributed by atoms with Crippen molar-refractivity contribution in [1.82, 2.24) is 16.0 Å². The minimum atomic E-state index is -1.59. The van der Waals surface area contributed by atoms with Crippen molar-refractivity contribution < 1.29 is 34.5 Å². The molecule has 0 aliphatic heterocycles. The molecule has 0 aliphatic carbocycles. The minimum Gasteiger partial charge on any atom is -0.508 e. The average Bonchev–Trinajstić information content (AvgIpc) is 2.85. The lowest BCUT2D eigenvalue weighted by Gasteiger charge is -2.28. The highest BCUT2D eigenvalue weighted by atomic mass is 16.4. The molecule has 10 N–H and O–H groups in total. The van der Waals surface area contributed by atoms with Crippen molar-refractivity contribution in [2.75, 3.05) is 6.54 Å². The third kappa shape index (κ3) is 10.7. The number of nitrogens with one attached hydrogen (secondary N) is 3. The fourth-order valence-electron chi connectivity index (χ4n) is 3.58. The van der Waals surface area contributed by atoms with Crippen LogP contribution in [0.2, 0.25) is 0 Å². The number of amides is 3. The van der Waals surface area contributed by atoms with Crippen molar-refractivity contribution in [2.45, 2.75) is 83.1 Å². The smallest absolute Gasteiger partial charge is 0.328 e. The molecule has 12 nitrogen and oxygen atoms in total. The topological polar surface area (TPSA) is 217 Å². The molecule has 37 heavy (non-hydrogen) atoms. The zero-order valence-electron chi connectivity index (χ0n) is 21.6. The number of nitrogens with two attached hydrogens (primary N) is 2. The van der Waals surface area contributed by atoms with Gasteiger partial charge in [0, 0.05) is 6.42 Å². The predicted molar refractivity (Wildman–Crippen MR) is 137 cm³/mol. The molecular formula is C25H41N5O7. The summed E-state index contributed by atoms with van der Waals surface area (Å²) in [4.78, 5) is 50.5. The van der Waals surface area contributed by atoms with Gasteiger partial charge in [0.15, 0.2) is 6.04 Å². The largest absolute Gasteiger partial charge is 0.508 e. The van der Waals surface area contributed by atoms with Gasteiger partial charge < -0.3 is 42.7 Å². The number of aliphatic hydroxyl groups excluding tert-OH is 1. The van der Waals surface area contributed by atoms with Gasteiger partial charge in [-0.1, -0.05) is 38.8 Å². The Labute approximate surface area is 217 Å². The average molecular weight is 524 g/mol. The number of phenols is 1. The summed E-state index contributed by atoms with van der Waals surface area (Å²) in [6.07, 6.45) is 0.893. The van der Waals surface area contributed by atoms with Crippen LogP contribution in [0.5, 0.6) is 5.75 Å². The summed E-state index contributed by atoms with van der Waals surface area (Å²) in [5, 5.41) is 36.2. The summed E-state index contributed by atoms with van der Waals surface area (Å²) >= 11 is 0. The third-order valence-electron chi connectivity index (χ3n) is 6.15. The number of benzene rings is 1. The van der Waals surface area contributed by atoms with Gasteiger partial charge in [-0.25, -0.2) is 4.79 Å². The van der Waals surface area contributed by atoms with Crippen molar-refractivity contribution in [3.05, 3.63) is 29.8 Å². The summed E-state index contributed by atoms with van der Waals surface area (Å²) in [6, 6.07) is 1.28. The first-order valence-corrected chi connectivity index (χ1v) is 12.5. The molecule has 208 valence electrons. The number of phenolic OH excluding ortho intramolecular Hbond substituents is 1. The molecule has 6 unspecified atom stereocenters. The first-order chi connectivity index (χ1) is 17.4. The lowest BCUT2D eigenvalue weighted by Crippen LogP contribution is -2.60. The van der Waals surface area contributed by atoms with E-state index in [1.54, 1.807) is 19.1 Å². The predicted octanol–water partition coefficient (Wildman–Crippen LogP) is -0.643. The quantitative estimate of drug-likeness (QED) is 0.129. The number of carboxylic acids is 1. The molecule has 1 rings (SSSR count). The van der Waals surface area contributed by atoms with Gasteiger partial charge in [0.1, 0.15) is 17.8 Å². The van der Waals surface area contributed by atoms with Crippen LogP contribution < -0.4 is 27.4 Å². The van der Waals surface area contributed by atoms with E-state index in [4.69, 9.17) is 11.5 Å². The van der Waals surface area contributed by atoms with Gasteiger partial charge in [0.25, 0.3) is 0 Å². The molecule has 0 radical (unpaired) electrons. The SMILES string of the molecule is CCC(C)C(NC(=O)C(N)CCCCN)C(=O)NC(Cc1ccc(O)cc1)C(=O)NC(C(=O)O)C(C)O. The van der Waals surface area contributed by atoms with Crippen molar-refractivity contribution in [2.24, 2.45) is 17.4 Å². The van der Waals surface area contributed by atoms with E-state index in [9.17, 15) is 34.5 Å². The second-order valence-corrected chi connectivity index (χ2v) is 9.26. The fraction of sp³-hybridized carbons (Fsp3) is 0.600. The van der Waals surface area contributed by atoms with E-state index in [1.807, 2.05) is 6.92 Å². The van der Waals surface area contributed by atoms with E-state index in [0.29, 0.717) is 37.8 Å². The van der Waals surface area contributed by atoms with Crippen LogP contribution in [-0.2, 0) is 25.6 Å². The molecular weight excluding hydrogens is 482 g/mol. The molecule has 0 aromatic heterocycles. The molecule has 0 saturated carbocycles. The molecule has 0 heterocycles. The van der Waals surface area contributed by atoms with Crippen LogP contribution in [-0.4, -0.2) is 75.8 Å². The maximum atomic E-state index is 13.3. The normalized spacial score (nSPS) is 15.9. The van der Waals surface area contributed by atoms with Gasteiger partial charge in [-0.2, -0.15) is 0 Å². The maximum absolute atomic E-state index is 13.3. The van der Waals surface area contributed by atoms with E-state index in [2.05, 4.69) is 16.0 Å². The van der Waals surface area contributed by atoms with Crippen molar-refractivity contribution in [1.29, 1.82) is 0 Å². The van der Waals surface area contributed by atoms with Crippen LogP contribution in [0.25, 0.3) is 0 Å². The number of carboxylic acid groups (broad SMARTS) is 1. The highest BCUT2D eigenvalue weighted by Crippen LogP contribution is 2.14. The number of aliphatic hydroxyl groups is 1. The molecule has 12 heteroatoms. The van der Waals surface area contributed by atoms with E-state index < -0.39 is 54.0 Å². The molecule has 0 spiro atoms. The first-order valence-electron chi connectivity index (χ1n) is 12.5. The van der Waals surface area contributed by atoms with Crippen LogP contribution in [0, 0.1) is 5.92 Å². The number of hydrogen-bond acceptors (Lipinski definition) is 8. The number of hydrogen-bond donors (Lipinski definition) is 8. The van der Waals surface area contributed by atoms with Gasteiger partial charge in [0.05, 0.1) is 12.1 Å². The van der Waals surface area contributed by atoms with Crippen molar-refractivity contribution in [3.63, 3.8) is 0 Å². The zero-order valence-corrected chi connectivity index (χ0v) is 21.6. The summed E-state index contributed by atoms with van der Waals surface area (Å²) in [7, 11) is 0. The summed E-state index contributed by atoms with van der Waals surface area (Å²) < 4.78 is 0. The Balaban J connectivity index is 3.13. The number of carbonyl (C=O) groups excluding carboxylic acids is 3. The Morgan fingerprint density at radius 3 is 2.03 bits per heavy atom. The number of aliphatic carboxylic acids is 1.